The molecular formula is C36H50N4O5. The predicted octanol–water partition coefficient (Wildman–Crippen LogP) is -0.177. The van der Waals surface area contributed by atoms with Crippen molar-refractivity contribution in [2.75, 3.05) is 53.0 Å². The first-order chi connectivity index (χ1) is 21.8. The van der Waals surface area contributed by atoms with Crippen molar-refractivity contribution in [1.82, 2.24) is 10.6 Å². The quantitative estimate of drug-likeness (QED) is 0.189. The van der Waals surface area contributed by atoms with E-state index < -0.39 is 17.0 Å². The Hall–Kier alpha value is -2.48. The minimum absolute atomic E-state index is 0.0308. The highest BCUT2D eigenvalue weighted by atomic mass is 16.5. The average molecular weight is 619 g/mol. The molecule has 7 aliphatic rings. The first kappa shape index (κ1) is 31.1. The predicted molar refractivity (Wildman–Crippen MR) is 169 cm³/mol. The average Bonchev–Trinajstić information content (AvgIpc) is 3.41. The Morgan fingerprint density at radius 2 is 2.13 bits per heavy atom. The molecule has 5 bridgehead atoms. The van der Waals surface area contributed by atoms with Gasteiger partial charge >= 0.3 is 0 Å². The Balaban J connectivity index is 1.32. The molecule has 3 saturated carbocycles. The van der Waals surface area contributed by atoms with Crippen molar-refractivity contribution in [1.29, 1.82) is 0 Å². The van der Waals surface area contributed by atoms with Crippen molar-refractivity contribution in [3.63, 3.8) is 0 Å². The number of aliphatic carboxylic acids is 1. The normalized spacial score (nSPS) is 45.4. The molecule has 2 spiro atoms. The number of carboxylic acid groups (broad SMARTS) is 1. The number of carboxylic acids is 1. The van der Waals surface area contributed by atoms with Gasteiger partial charge in [0.25, 0.3) is 5.96 Å². The van der Waals surface area contributed by atoms with Gasteiger partial charge in [-0.1, -0.05) is 55.1 Å². The number of aliphatic imine (C=N–C) groups is 1. The highest BCUT2D eigenvalue weighted by Gasteiger charge is 2.77. The number of nitrogens with one attached hydrogen (secondary N) is 3. The van der Waals surface area contributed by atoms with Gasteiger partial charge in [0, 0.05) is 48.3 Å². The Labute approximate surface area is 267 Å². The van der Waals surface area contributed by atoms with Crippen molar-refractivity contribution in [3.05, 3.63) is 35.5 Å². The van der Waals surface area contributed by atoms with E-state index in [2.05, 4.69) is 58.7 Å². The molecule has 0 aromatic carbocycles. The number of hydrogen-bond acceptors (Lipinski definition) is 7. The fourth-order valence-electron chi connectivity index (χ4n) is 11.6. The summed E-state index contributed by atoms with van der Waals surface area (Å²) in [4.78, 5) is 19.2. The lowest BCUT2D eigenvalue weighted by Crippen LogP contribution is -3.19. The number of hydrogen-bond donors (Lipinski definition) is 5. The molecular weight excluding hydrogens is 568 g/mol. The van der Waals surface area contributed by atoms with Gasteiger partial charge in [0.2, 0.25) is 0 Å². The summed E-state index contributed by atoms with van der Waals surface area (Å²) in [5.41, 5.74) is -1.49. The molecule has 45 heavy (non-hydrogen) atoms. The van der Waals surface area contributed by atoms with Crippen LogP contribution in [0.1, 0.15) is 51.9 Å². The van der Waals surface area contributed by atoms with Crippen LogP contribution in [0.5, 0.6) is 0 Å². The molecule has 4 fully saturated rings. The van der Waals surface area contributed by atoms with E-state index in [4.69, 9.17) is 4.74 Å². The maximum atomic E-state index is 13.2. The molecule has 0 radical (unpaired) electrons. The summed E-state index contributed by atoms with van der Waals surface area (Å²) in [5, 5.41) is 42.5. The van der Waals surface area contributed by atoms with Gasteiger partial charge in [0.05, 0.1) is 44.9 Å². The zero-order valence-electron chi connectivity index (χ0n) is 26.8. The first-order valence-corrected chi connectivity index (χ1v) is 17.3. The van der Waals surface area contributed by atoms with Crippen LogP contribution >= 0.6 is 0 Å². The van der Waals surface area contributed by atoms with Crippen LogP contribution in [0.25, 0.3) is 0 Å². The molecule has 244 valence electrons. The third-order valence-corrected chi connectivity index (χ3v) is 13.1. The second-order valence-corrected chi connectivity index (χ2v) is 14.9. The van der Waals surface area contributed by atoms with Crippen molar-refractivity contribution < 1.29 is 29.8 Å². The van der Waals surface area contributed by atoms with Crippen LogP contribution in [0, 0.1) is 58.2 Å². The highest BCUT2D eigenvalue weighted by molar-refractivity contribution is 5.90. The van der Waals surface area contributed by atoms with Crippen LogP contribution in [0.3, 0.4) is 0 Å². The molecule has 0 aromatic heterocycles. The zero-order valence-corrected chi connectivity index (χ0v) is 26.8. The number of nitrogens with zero attached hydrogens (tertiary/aromatic N) is 1. The third-order valence-electron chi connectivity index (χ3n) is 13.1. The van der Waals surface area contributed by atoms with E-state index in [0.717, 1.165) is 63.3 Å². The SMILES string of the molecule is CN=C1NCC#CC2CC(C)C34CC(O)(COC5CCCC6C=CC=CC65)C(C(=O)[O-])=C3CC2C42C[NH+]1CCC2CNCCO. The monoisotopic (exact) mass is 618 g/mol. The number of quaternary nitrogens is 1. The summed E-state index contributed by atoms with van der Waals surface area (Å²) >= 11 is 0. The number of rotatable bonds is 8. The summed E-state index contributed by atoms with van der Waals surface area (Å²) in [7, 11) is 1.83. The van der Waals surface area contributed by atoms with E-state index in [0.29, 0.717) is 31.8 Å². The van der Waals surface area contributed by atoms with E-state index in [-0.39, 0.29) is 59.9 Å². The molecule has 5 aliphatic carbocycles. The molecule has 11 unspecified atom stereocenters. The number of carbonyl (C=O) groups is 1. The number of allylic oxidation sites excluding steroid dienone is 4. The maximum Gasteiger partial charge on any atom is 0.296 e. The number of guanidine groups is 1. The Kier molecular flexibility index (Phi) is 8.27. The fourth-order valence-corrected chi connectivity index (χ4v) is 11.6. The Bertz CT molecular complexity index is 1380. The molecule has 5 N–H and O–H groups in total. The van der Waals surface area contributed by atoms with E-state index in [9.17, 15) is 20.1 Å². The molecule has 0 aromatic rings. The zero-order chi connectivity index (χ0) is 31.4. The molecule has 2 aliphatic heterocycles. The van der Waals surface area contributed by atoms with E-state index in [1.807, 2.05) is 7.05 Å². The Morgan fingerprint density at radius 1 is 1.29 bits per heavy atom. The van der Waals surface area contributed by atoms with Gasteiger partial charge in [-0.25, -0.2) is 4.99 Å². The molecule has 0 amide bonds. The summed E-state index contributed by atoms with van der Waals surface area (Å²) in [5.74, 6) is 8.00. The number of fused-ring (bicyclic) bond motifs is 2. The van der Waals surface area contributed by atoms with Gasteiger partial charge in [-0.15, -0.1) is 0 Å². The number of ether oxygens (including phenoxy) is 1. The van der Waals surface area contributed by atoms with Crippen LogP contribution in [-0.2, 0) is 9.53 Å². The van der Waals surface area contributed by atoms with Crippen molar-refractivity contribution in [2.24, 2.45) is 51.3 Å². The van der Waals surface area contributed by atoms with Gasteiger partial charge < -0.3 is 35.5 Å². The highest BCUT2D eigenvalue weighted by Crippen LogP contribution is 2.77. The van der Waals surface area contributed by atoms with Gasteiger partial charge in [-0.3, -0.25) is 4.90 Å². The second kappa shape index (κ2) is 12.0. The third kappa shape index (κ3) is 4.70. The van der Waals surface area contributed by atoms with Crippen LogP contribution in [0.4, 0.5) is 0 Å². The summed E-state index contributed by atoms with van der Waals surface area (Å²) in [6.07, 6.45) is 14.5. The molecule has 7 rings (SSSR count). The molecule has 11 atom stereocenters. The van der Waals surface area contributed by atoms with Crippen LogP contribution in [0.2, 0.25) is 0 Å². The lowest BCUT2D eigenvalue weighted by Gasteiger charge is -2.62. The molecule has 2 heterocycles. The maximum absolute atomic E-state index is 13.2. The smallest absolute Gasteiger partial charge is 0.296 e. The van der Waals surface area contributed by atoms with Crippen molar-refractivity contribution in [3.8, 4) is 11.8 Å². The first-order valence-electron chi connectivity index (χ1n) is 17.3. The topological polar surface area (TPSA) is 131 Å². The molecule has 1 saturated heterocycles. The number of carbonyl (C=O) groups excluding carboxylic acids is 1. The van der Waals surface area contributed by atoms with Crippen molar-refractivity contribution in [2.45, 2.75) is 63.6 Å². The van der Waals surface area contributed by atoms with Gasteiger partial charge in [-0.05, 0) is 62.3 Å². The van der Waals surface area contributed by atoms with E-state index >= 15 is 0 Å². The van der Waals surface area contributed by atoms with Gasteiger partial charge in [-0.2, -0.15) is 0 Å². The Morgan fingerprint density at radius 3 is 2.93 bits per heavy atom. The largest absolute Gasteiger partial charge is 0.545 e. The van der Waals surface area contributed by atoms with Crippen LogP contribution in [-0.4, -0.2) is 86.8 Å². The van der Waals surface area contributed by atoms with Crippen molar-refractivity contribution >= 4 is 11.9 Å². The molecule has 9 heteroatoms. The molecule has 9 nitrogen and oxygen atoms in total. The standard InChI is InChI=1S/C36H50N4O5/c1-23-17-25-9-6-13-39-33(37-2)40-15-12-26(19-38-14-16-41)36(21-40)28(25)18-29-31(32(42)43)34(44,20-35(23,29)36)22-45-30-11-5-8-24-7-3-4-10-27(24)30/h3-4,7,10,23-28,30,38,41,44H,5,8,11-22H2,1-2H3,(H,37,39)(H,42,43). The number of aliphatic hydroxyl groups excluding tert-OH is 1. The summed E-state index contributed by atoms with van der Waals surface area (Å²) in [6.45, 7) is 5.82. The van der Waals surface area contributed by atoms with Gasteiger partial charge in [0.1, 0.15) is 5.60 Å². The van der Waals surface area contributed by atoms with Crippen LogP contribution < -0.4 is 20.6 Å². The van der Waals surface area contributed by atoms with E-state index in [1.165, 1.54) is 4.90 Å². The number of aliphatic hydroxyl groups is 2. The second-order valence-electron chi connectivity index (χ2n) is 14.9. The van der Waals surface area contributed by atoms with Gasteiger partial charge in [0.15, 0.2) is 0 Å². The number of piperidine rings is 1. The van der Waals surface area contributed by atoms with E-state index in [1.54, 1.807) is 0 Å². The lowest BCUT2D eigenvalue weighted by atomic mass is 9.43. The minimum atomic E-state index is -1.63. The van der Waals surface area contributed by atoms with Crippen LogP contribution in [0.15, 0.2) is 40.4 Å². The summed E-state index contributed by atoms with van der Waals surface area (Å²) < 4.78 is 6.63. The summed E-state index contributed by atoms with van der Waals surface area (Å²) in [6, 6.07) is 0. The minimum Gasteiger partial charge on any atom is -0.545 e. The lowest BCUT2D eigenvalue weighted by molar-refractivity contribution is -0.830. The fraction of sp³-hybridized carbons (Fsp3) is 0.722.